The molecular weight excluding hydrogens is 331 g/mol. The number of ether oxygens (including phenoxy) is 1. The van der Waals surface area contributed by atoms with E-state index in [1.54, 1.807) is 0 Å². The predicted octanol–water partition coefficient (Wildman–Crippen LogP) is 4.19. The van der Waals surface area contributed by atoms with Crippen LogP contribution in [0.1, 0.15) is 55.9 Å². The van der Waals surface area contributed by atoms with Crippen LogP contribution in [-0.2, 0) is 17.3 Å². The molecule has 0 amide bonds. The Morgan fingerprint density at radius 3 is 2.52 bits per heavy atom. The topological polar surface area (TPSA) is 32.7 Å². The van der Waals surface area contributed by atoms with Gasteiger partial charge in [0.05, 0.1) is 24.4 Å². The van der Waals surface area contributed by atoms with Crippen LogP contribution in [-0.4, -0.2) is 42.4 Å². The Hall–Kier alpha value is -1.11. The minimum absolute atomic E-state index is 0.185. The van der Waals surface area contributed by atoms with Crippen LogP contribution in [0.2, 0.25) is 0 Å². The number of likely N-dealkylation sites (tertiary alicyclic amines) is 1. The van der Waals surface area contributed by atoms with Crippen molar-refractivity contribution in [2.45, 2.75) is 57.9 Å². The van der Waals surface area contributed by atoms with Gasteiger partial charge in [-0.3, -0.25) is 0 Å². The van der Waals surface area contributed by atoms with Crippen molar-refractivity contribution in [2.75, 3.05) is 26.2 Å². The summed E-state index contributed by atoms with van der Waals surface area (Å²) in [6, 6.07) is 3.83. The van der Waals surface area contributed by atoms with Crippen LogP contribution in [0.25, 0.3) is 0 Å². The zero-order chi connectivity index (χ0) is 18.4. The summed E-state index contributed by atoms with van der Waals surface area (Å²) in [5, 5.41) is 10.1. The maximum Gasteiger partial charge on any atom is 0.416 e. The quantitative estimate of drug-likeness (QED) is 0.755. The molecule has 0 aromatic heterocycles. The van der Waals surface area contributed by atoms with E-state index >= 15 is 0 Å². The number of aliphatic hydroxyl groups is 1. The van der Waals surface area contributed by atoms with Gasteiger partial charge in [0.2, 0.25) is 0 Å². The van der Waals surface area contributed by atoms with E-state index in [4.69, 9.17) is 4.74 Å². The molecule has 0 radical (unpaired) electrons. The number of aliphatic hydroxyl groups excluding tert-OH is 1. The molecule has 2 atom stereocenters. The molecule has 0 bridgehead atoms. The van der Waals surface area contributed by atoms with Gasteiger partial charge in [-0.25, -0.2) is 0 Å². The van der Waals surface area contributed by atoms with Crippen molar-refractivity contribution in [3.8, 4) is 0 Å². The lowest BCUT2D eigenvalue weighted by Crippen LogP contribution is -2.33. The van der Waals surface area contributed by atoms with Crippen molar-refractivity contribution in [2.24, 2.45) is 0 Å². The first-order valence-corrected chi connectivity index (χ1v) is 9.03. The van der Waals surface area contributed by atoms with Crippen LogP contribution in [0.15, 0.2) is 18.2 Å². The minimum atomic E-state index is -4.34. The molecule has 1 N–H and O–H groups in total. The Balaban J connectivity index is 1.98. The number of hydrogen-bond acceptors (Lipinski definition) is 3. The van der Waals surface area contributed by atoms with Gasteiger partial charge in [0.25, 0.3) is 0 Å². The molecule has 0 saturated carbocycles. The lowest BCUT2D eigenvalue weighted by atomic mass is 9.96. The Kier molecular flexibility index (Phi) is 7.28. The van der Waals surface area contributed by atoms with Crippen LogP contribution in [0.5, 0.6) is 0 Å². The second kappa shape index (κ2) is 9.01. The molecule has 6 heteroatoms. The molecule has 1 fully saturated rings. The fourth-order valence-electron chi connectivity index (χ4n) is 3.33. The standard InChI is InChI=1S/C19H28F3NO2/c1-3-6-15-11-16(19(20,21)22)7-8-18(15)14(2)25-13-17(24)12-23-9-4-5-10-23/h7-8,11,14,17,24H,3-6,9-10,12-13H2,1-2H3. The Morgan fingerprint density at radius 2 is 1.92 bits per heavy atom. The largest absolute Gasteiger partial charge is 0.416 e. The SMILES string of the molecule is CCCc1cc(C(F)(F)F)ccc1C(C)OCC(O)CN1CCCC1. The maximum absolute atomic E-state index is 12.9. The van der Waals surface area contributed by atoms with Crippen molar-refractivity contribution in [1.29, 1.82) is 0 Å². The van der Waals surface area contributed by atoms with Gasteiger partial charge in [0.15, 0.2) is 0 Å². The highest BCUT2D eigenvalue weighted by molar-refractivity contribution is 5.35. The number of β-amino-alcohol motifs (C(OH)–C–C–N with tert-alkyl or cyclic N) is 1. The lowest BCUT2D eigenvalue weighted by molar-refractivity contribution is -0.137. The highest BCUT2D eigenvalue weighted by Gasteiger charge is 2.31. The molecule has 1 aromatic carbocycles. The summed E-state index contributed by atoms with van der Waals surface area (Å²) in [6.45, 7) is 6.55. The zero-order valence-electron chi connectivity index (χ0n) is 15.0. The predicted molar refractivity (Wildman–Crippen MR) is 91.5 cm³/mol. The summed E-state index contributed by atoms with van der Waals surface area (Å²) >= 11 is 0. The van der Waals surface area contributed by atoms with Gasteiger partial charge < -0.3 is 14.7 Å². The van der Waals surface area contributed by atoms with Crippen molar-refractivity contribution in [1.82, 2.24) is 4.90 Å². The minimum Gasteiger partial charge on any atom is -0.389 e. The number of hydrogen-bond donors (Lipinski definition) is 1. The molecule has 142 valence electrons. The molecule has 1 aliphatic rings. The Bertz CT molecular complexity index is 542. The van der Waals surface area contributed by atoms with Crippen LogP contribution in [0.3, 0.4) is 0 Å². The lowest BCUT2D eigenvalue weighted by Gasteiger charge is -2.23. The van der Waals surface area contributed by atoms with E-state index in [1.807, 2.05) is 13.8 Å². The molecule has 2 rings (SSSR count). The van der Waals surface area contributed by atoms with Crippen LogP contribution in [0, 0.1) is 0 Å². The first kappa shape index (κ1) is 20.2. The maximum atomic E-state index is 12.9. The van der Waals surface area contributed by atoms with E-state index in [1.165, 1.54) is 12.1 Å². The molecular formula is C19H28F3NO2. The Morgan fingerprint density at radius 1 is 1.24 bits per heavy atom. The summed E-state index contributed by atoms with van der Waals surface area (Å²) in [5.41, 5.74) is 0.808. The molecule has 25 heavy (non-hydrogen) atoms. The number of nitrogens with zero attached hydrogens (tertiary/aromatic N) is 1. The first-order chi connectivity index (χ1) is 11.8. The summed E-state index contributed by atoms with van der Waals surface area (Å²) in [6.07, 6.45) is -1.60. The molecule has 0 spiro atoms. The second-order valence-corrected chi connectivity index (χ2v) is 6.80. The monoisotopic (exact) mass is 359 g/mol. The third-order valence-electron chi connectivity index (χ3n) is 4.63. The van der Waals surface area contributed by atoms with Crippen molar-refractivity contribution in [3.05, 3.63) is 34.9 Å². The third kappa shape index (κ3) is 5.97. The normalized spacial score (nSPS) is 18.5. The highest BCUT2D eigenvalue weighted by Crippen LogP contribution is 2.33. The second-order valence-electron chi connectivity index (χ2n) is 6.80. The average molecular weight is 359 g/mol. The number of aryl methyl sites for hydroxylation is 1. The van der Waals surface area contributed by atoms with Gasteiger partial charge >= 0.3 is 6.18 Å². The van der Waals surface area contributed by atoms with Gasteiger partial charge in [-0.2, -0.15) is 13.2 Å². The third-order valence-corrected chi connectivity index (χ3v) is 4.63. The van der Waals surface area contributed by atoms with Crippen LogP contribution < -0.4 is 0 Å². The van der Waals surface area contributed by atoms with E-state index in [0.717, 1.165) is 44.0 Å². The fourth-order valence-corrected chi connectivity index (χ4v) is 3.33. The molecule has 1 aliphatic heterocycles. The van der Waals surface area contributed by atoms with Gasteiger partial charge in [0, 0.05) is 6.54 Å². The molecule has 1 heterocycles. The summed E-state index contributed by atoms with van der Waals surface area (Å²) in [5.74, 6) is 0. The van der Waals surface area contributed by atoms with Gasteiger partial charge in [-0.05, 0) is 62.5 Å². The molecule has 0 aliphatic carbocycles. The highest BCUT2D eigenvalue weighted by atomic mass is 19.4. The number of alkyl halides is 3. The van der Waals surface area contributed by atoms with Crippen molar-refractivity contribution < 1.29 is 23.0 Å². The molecule has 1 aromatic rings. The Labute approximate surface area is 147 Å². The molecule has 3 nitrogen and oxygen atoms in total. The van der Waals surface area contributed by atoms with Crippen LogP contribution in [0.4, 0.5) is 13.2 Å². The van der Waals surface area contributed by atoms with Gasteiger partial charge in [-0.15, -0.1) is 0 Å². The van der Waals surface area contributed by atoms with Crippen molar-refractivity contribution in [3.63, 3.8) is 0 Å². The molecule has 2 unspecified atom stereocenters. The zero-order valence-corrected chi connectivity index (χ0v) is 15.0. The van der Waals surface area contributed by atoms with Crippen molar-refractivity contribution >= 4 is 0 Å². The summed E-state index contributed by atoms with van der Waals surface area (Å²) in [4.78, 5) is 2.21. The number of halogens is 3. The number of benzene rings is 1. The van der Waals surface area contributed by atoms with Gasteiger partial charge in [0.1, 0.15) is 0 Å². The smallest absolute Gasteiger partial charge is 0.389 e. The molecule has 1 saturated heterocycles. The van der Waals surface area contributed by atoms with E-state index in [0.29, 0.717) is 18.5 Å². The van der Waals surface area contributed by atoms with E-state index < -0.39 is 17.8 Å². The van der Waals surface area contributed by atoms with Gasteiger partial charge in [-0.1, -0.05) is 19.4 Å². The average Bonchev–Trinajstić information content (AvgIpc) is 3.05. The van der Waals surface area contributed by atoms with E-state index in [2.05, 4.69) is 4.90 Å². The summed E-state index contributed by atoms with van der Waals surface area (Å²) in [7, 11) is 0. The first-order valence-electron chi connectivity index (χ1n) is 9.03. The van der Waals surface area contributed by atoms with E-state index in [9.17, 15) is 18.3 Å². The van der Waals surface area contributed by atoms with E-state index in [-0.39, 0.29) is 12.7 Å². The fraction of sp³-hybridized carbons (Fsp3) is 0.684. The number of rotatable bonds is 8. The van der Waals surface area contributed by atoms with Crippen LogP contribution >= 0.6 is 0 Å². The summed E-state index contributed by atoms with van der Waals surface area (Å²) < 4.78 is 44.5.